The molecule has 1 aromatic carbocycles. The summed E-state index contributed by atoms with van der Waals surface area (Å²) in [6.07, 6.45) is 0.0739. The van der Waals surface area contributed by atoms with Gasteiger partial charge in [0.25, 0.3) is 5.69 Å². The number of halogens is 1. The Morgan fingerprint density at radius 1 is 1.60 bits per heavy atom. The minimum atomic E-state index is -0.822. The largest absolute Gasteiger partial charge is 0.304 e. The van der Waals surface area contributed by atoms with Crippen molar-refractivity contribution in [2.75, 3.05) is 18.0 Å². The first kappa shape index (κ1) is 13.8. The molecule has 104 valence electrons. The number of hydrogen-bond donors (Lipinski definition) is 0. The van der Waals surface area contributed by atoms with Crippen molar-refractivity contribution in [2.45, 2.75) is 6.42 Å². The average Bonchev–Trinajstić information content (AvgIpc) is 2.77. The van der Waals surface area contributed by atoms with Crippen molar-refractivity contribution in [3.8, 4) is 0 Å². The number of para-hydroxylation sites is 1. The standard InChI is InChI=1S/C11H10FN5O3/c12-8-2-1-3-9(17(19)20)11(8)16-6-7(4-10(16)18)5-14-15-13/h1-3,7H,4-6H2. The Bertz CT molecular complexity index is 614. The van der Waals surface area contributed by atoms with Crippen LogP contribution in [0.1, 0.15) is 6.42 Å². The molecular formula is C11H10FN5O3. The van der Waals surface area contributed by atoms with Gasteiger partial charge in [0.15, 0.2) is 11.5 Å². The Morgan fingerprint density at radius 2 is 2.35 bits per heavy atom. The van der Waals surface area contributed by atoms with Gasteiger partial charge in [-0.05, 0) is 17.5 Å². The summed E-state index contributed by atoms with van der Waals surface area (Å²) in [4.78, 5) is 25.7. The van der Waals surface area contributed by atoms with E-state index in [0.29, 0.717) is 0 Å². The van der Waals surface area contributed by atoms with Gasteiger partial charge in [-0.25, -0.2) is 4.39 Å². The van der Waals surface area contributed by atoms with Crippen LogP contribution < -0.4 is 4.90 Å². The fourth-order valence-corrected chi connectivity index (χ4v) is 2.19. The zero-order valence-electron chi connectivity index (χ0n) is 10.3. The van der Waals surface area contributed by atoms with E-state index in [1.807, 2.05) is 0 Å². The molecule has 2 rings (SSSR count). The maximum Gasteiger partial charge on any atom is 0.296 e. The second-order valence-corrected chi connectivity index (χ2v) is 4.35. The third-order valence-electron chi connectivity index (χ3n) is 3.04. The Labute approximate surface area is 112 Å². The van der Waals surface area contributed by atoms with Crippen LogP contribution >= 0.6 is 0 Å². The molecule has 0 bridgehead atoms. The Kier molecular flexibility index (Phi) is 3.81. The number of carbonyl (C=O) groups is 1. The van der Waals surface area contributed by atoms with E-state index < -0.39 is 22.3 Å². The Morgan fingerprint density at radius 3 is 3.00 bits per heavy atom. The number of amides is 1. The van der Waals surface area contributed by atoms with E-state index >= 15 is 0 Å². The SMILES string of the molecule is [N-]=[N+]=NCC1CC(=O)N(c2c(F)cccc2[N+](=O)[O-])C1. The van der Waals surface area contributed by atoms with Crippen molar-refractivity contribution in [1.82, 2.24) is 0 Å². The molecule has 0 N–H and O–H groups in total. The van der Waals surface area contributed by atoms with E-state index in [1.54, 1.807) is 0 Å². The molecule has 0 saturated carbocycles. The van der Waals surface area contributed by atoms with Gasteiger partial charge in [-0.2, -0.15) is 0 Å². The molecule has 1 atom stereocenters. The molecule has 1 amide bonds. The summed E-state index contributed by atoms with van der Waals surface area (Å²) in [5.74, 6) is -1.51. The maximum absolute atomic E-state index is 13.8. The number of anilines is 1. The molecule has 20 heavy (non-hydrogen) atoms. The summed E-state index contributed by atoms with van der Waals surface area (Å²) >= 11 is 0. The molecule has 0 aromatic heterocycles. The van der Waals surface area contributed by atoms with Crippen LogP contribution in [0.5, 0.6) is 0 Å². The van der Waals surface area contributed by atoms with Crippen LogP contribution in [0, 0.1) is 21.8 Å². The topological polar surface area (TPSA) is 112 Å². The number of nitro groups is 1. The first-order valence-electron chi connectivity index (χ1n) is 5.78. The Balaban J connectivity index is 2.35. The van der Waals surface area contributed by atoms with Crippen LogP contribution in [0.25, 0.3) is 10.4 Å². The van der Waals surface area contributed by atoms with Crippen LogP contribution in [0.15, 0.2) is 23.3 Å². The van der Waals surface area contributed by atoms with Gasteiger partial charge in [0.05, 0.1) is 4.92 Å². The number of hydrogen-bond acceptors (Lipinski definition) is 4. The second-order valence-electron chi connectivity index (χ2n) is 4.35. The monoisotopic (exact) mass is 279 g/mol. The number of azide groups is 1. The summed E-state index contributed by atoms with van der Waals surface area (Å²) in [6, 6.07) is 3.43. The lowest BCUT2D eigenvalue weighted by Gasteiger charge is -2.17. The Hall–Kier alpha value is -2.67. The zero-order chi connectivity index (χ0) is 14.7. The first-order valence-corrected chi connectivity index (χ1v) is 5.78. The van der Waals surface area contributed by atoms with Crippen molar-refractivity contribution in [3.05, 3.63) is 44.6 Å². The predicted octanol–water partition coefficient (Wildman–Crippen LogP) is 2.40. The molecule has 0 aliphatic carbocycles. The van der Waals surface area contributed by atoms with Gasteiger partial charge in [-0.15, -0.1) is 0 Å². The van der Waals surface area contributed by atoms with E-state index in [0.717, 1.165) is 17.0 Å². The molecule has 0 radical (unpaired) electrons. The van der Waals surface area contributed by atoms with Gasteiger partial charge < -0.3 is 4.90 Å². The quantitative estimate of drug-likeness (QED) is 0.277. The third kappa shape index (κ3) is 2.52. The minimum absolute atomic E-state index is 0.0739. The summed E-state index contributed by atoms with van der Waals surface area (Å²) in [5, 5.41) is 14.3. The molecule has 1 aromatic rings. The zero-order valence-corrected chi connectivity index (χ0v) is 10.3. The van der Waals surface area contributed by atoms with Crippen molar-refractivity contribution >= 4 is 17.3 Å². The van der Waals surface area contributed by atoms with Crippen molar-refractivity contribution < 1.29 is 14.1 Å². The summed E-state index contributed by atoms with van der Waals surface area (Å²) in [7, 11) is 0. The lowest BCUT2D eigenvalue weighted by molar-refractivity contribution is -0.384. The number of carbonyl (C=O) groups excluding carboxylic acids is 1. The van der Waals surface area contributed by atoms with E-state index in [2.05, 4.69) is 10.0 Å². The number of benzene rings is 1. The fourth-order valence-electron chi connectivity index (χ4n) is 2.19. The van der Waals surface area contributed by atoms with Gasteiger partial charge in [0.1, 0.15) is 0 Å². The van der Waals surface area contributed by atoms with E-state index in [4.69, 9.17) is 5.53 Å². The highest BCUT2D eigenvalue weighted by Crippen LogP contribution is 2.35. The van der Waals surface area contributed by atoms with Crippen LogP contribution in [0.3, 0.4) is 0 Å². The lowest BCUT2D eigenvalue weighted by Crippen LogP contribution is -2.26. The van der Waals surface area contributed by atoms with Crippen LogP contribution in [0.4, 0.5) is 15.8 Å². The van der Waals surface area contributed by atoms with Gasteiger partial charge in [-0.3, -0.25) is 14.9 Å². The second kappa shape index (κ2) is 5.54. The highest BCUT2D eigenvalue weighted by atomic mass is 19.1. The number of rotatable bonds is 4. The molecular weight excluding hydrogens is 269 g/mol. The molecule has 1 unspecified atom stereocenters. The lowest BCUT2D eigenvalue weighted by atomic mass is 10.1. The minimum Gasteiger partial charge on any atom is -0.304 e. The van der Waals surface area contributed by atoms with Crippen molar-refractivity contribution in [3.63, 3.8) is 0 Å². The summed E-state index contributed by atoms with van der Waals surface area (Å²) in [6.45, 7) is 0.195. The molecule has 0 spiro atoms. The van der Waals surface area contributed by atoms with Gasteiger partial charge >= 0.3 is 0 Å². The number of nitrogens with zero attached hydrogens (tertiary/aromatic N) is 5. The van der Waals surface area contributed by atoms with Gasteiger partial charge in [-0.1, -0.05) is 11.2 Å². The van der Waals surface area contributed by atoms with Crippen molar-refractivity contribution in [2.24, 2.45) is 11.0 Å². The summed E-state index contributed by atoms with van der Waals surface area (Å²) < 4.78 is 13.8. The van der Waals surface area contributed by atoms with Crippen LogP contribution in [0.2, 0.25) is 0 Å². The molecule has 9 heteroatoms. The van der Waals surface area contributed by atoms with E-state index in [-0.39, 0.29) is 31.1 Å². The molecule has 8 nitrogen and oxygen atoms in total. The van der Waals surface area contributed by atoms with E-state index in [9.17, 15) is 19.3 Å². The van der Waals surface area contributed by atoms with Crippen LogP contribution in [-0.2, 0) is 4.79 Å². The normalized spacial score (nSPS) is 17.9. The predicted molar refractivity (Wildman–Crippen MR) is 67.5 cm³/mol. The molecule has 1 aliphatic heterocycles. The molecule has 1 fully saturated rings. The smallest absolute Gasteiger partial charge is 0.296 e. The summed E-state index contributed by atoms with van der Waals surface area (Å²) in [5.41, 5.74) is 7.46. The number of nitro benzene ring substituents is 1. The average molecular weight is 279 g/mol. The fraction of sp³-hybridized carbons (Fsp3) is 0.364. The highest BCUT2D eigenvalue weighted by molar-refractivity contribution is 5.98. The van der Waals surface area contributed by atoms with E-state index in [1.165, 1.54) is 6.07 Å². The van der Waals surface area contributed by atoms with Crippen LogP contribution in [-0.4, -0.2) is 23.9 Å². The highest BCUT2D eigenvalue weighted by Gasteiger charge is 2.35. The molecule has 1 saturated heterocycles. The van der Waals surface area contributed by atoms with Gasteiger partial charge in [0, 0.05) is 30.5 Å². The van der Waals surface area contributed by atoms with Gasteiger partial charge in [0.2, 0.25) is 5.91 Å². The van der Waals surface area contributed by atoms with Crippen molar-refractivity contribution in [1.29, 1.82) is 0 Å². The molecule has 1 heterocycles. The first-order chi connectivity index (χ1) is 9.54. The molecule has 1 aliphatic rings. The third-order valence-corrected chi connectivity index (χ3v) is 3.04. The maximum atomic E-state index is 13.8.